The molecule has 2 aliphatic carbocycles. The summed E-state index contributed by atoms with van der Waals surface area (Å²) < 4.78 is 6.84. The lowest BCUT2D eigenvalue weighted by Gasteiger charge is -2.29. The fourth-order valence-electron chi connectivity index (χ4n) is 9.01. The van der Waals surface area contributed by atoms with Crippen molar-refractivity contribution in [3.8, 4) is 56.5 Å². The maximum absolute atomic E-state index is 6.84. The first-order chi connectivity index (χ1) is 24.9. The summed E-state index contributed by atoms with van der Waals surface area (Å²) in [6.45, 7) is 9.19. The molecule has 2 aliphatic rings. The number of aromatic nitrogens is 4. The van der Waals surface area contributed by atoms with Gasteiger partial charge in [0, 0.05) is 33.4 Å². The molecule has 0 saturated carbocycles. The fourth-order valence-corrected chi connectivity index (χ4v) is 9.01. The van der Waals surface area contributed by atoms with E-state index in [1.165, 1.54) is 44.5 Å². The van der Waals surface area contributed by atoms with Crippen LogP contribution in [0.15, 0.2) is 126 Å². The second-order valence-corrected chi connectivity index (χ2v) is 14.5. The SMILES string of the molecule is CCC1(CC)c2ccccc2-c2cc3c(cc21)oc1c(-c2nc(-c4ccc5c(c4)C(C)(C)c4ccccc4-5)nc(-c4ccccn4)n2)cccc13. The molecule has 8 aromatic rings. The largest absolute Gasteiger partial charge is 0.455 e. The third kappa shape index (κ3) is 4.15. The van der Waals surface area contributed by atoms with Crippen LogP contribution in [0.25, 0.3) is 78.5 Å². The Hall–Kier alpha value is -5.94. The van der Waals surface area contributed by atoms with Gasteiger partial charge in [0.25, 0.3) is 0 Å². The molecule has 0 radical (unpaired) electrons. The molecule has 0 bridgehead atoms. The minimum Gasteiger partial charge on any atom is -0.455 e. The standard InChI is InChI=1S/C46H36N4O/c1-5-46(6-2)36-19-10-8-15-29(36)33-25-34-31-16-13-17-32(41(31)51-40(34)26-38(33)46)43-48-42(49-44(50-43)39-20-11-12-23-47-39)27-21-22-30-28-14-7-9-18-35(28)45(3,4)37(30)24-27/h7-26H,5-6H2,1-4H3. The van der Waals surface area contributed by atoms with Gasteiger partial charge in [0.1, 0.15) is 16.9 Å². The van der Waals surface area contributed by atoms with Crippen molar-refractivity contribution in [2.75, 3.05) is 0 Å². The number of nitrogens with zero attached hydrogens (tertiary/aromatic N) is 4. The number of fused-ring (bicyclic) bond motifs is 9. The fraction of sp³-hybridized carbons (Fsp3) is 0.174. The summed E-state index contributed by atoms with van der Waals surface area (Å²) in [5.74, 6) is 1.69. The van der Waals surface area contributed by atoms with Gasteiger partial charge in [-0.1, -0.05) is 107 Å². The van der Waals surface area contributed by atoms with E-state index in [1.54, 1.807) is 6.20 Å². The van der Waals surface area contributed by atoms with Crippen molar-refractivity contribution in [3.05, 3.63) is 144 Å². The van der Waals surface area contributed by atoms with Crippen LogP contribution in [-0.4, -0.2) is 19.9 Å². The van der Waals surface area contributed by atoms with Gasteiger partial charge >= 0.3 is 0 Å². The first kappa shape index (κ1) is 29.9. The zero-order valence-corrected chi connectivity index (χ0v) is 29.2. The van der Waals surface area contributed by atoms with E-state index in [9.17, 15) is 0 Å². The average molecular weight is 661 g/mol. The highest BCUT2D eigenvalue weighted by molar-refractivity contribution is 6.11. The summed E-state index contributed by atoms with van der Waals surface area (Å²) >= 11 is 0. The maximum Gasteiger partial charge on any atom is 0.182 e. The highest BCUT2D eigenvalue weighted by atomic mass is 16.3. The Morgan fingerprint density at radius 3 is 2.00 bits per heavy atom. The smallest absolute Gasteiger partial charge is 0.182 e. The Balaban J connectivity index is 1.18. The molecule has 0 atom stereocenters. The highest BCUT2D eigenvalue weighted by Gasteiger charge is 2.41. The molecule has 0 fully saturated rings. The number of benzene rings is 5. The maximum atomic E-state index is 6.84. The number of hydrogen-bond donors (Lipinski definition) is 0. The number of furan rings is 1. The Morgan fingerprint density at radius 2 is 1.22 bits per heavy atom. The van der Waals surface area contributed by atoms with Crippen LogP contribution in [0, 0.1) is 0 Å². The normalized spacial score (nSPS) is 14.7. The predicted octanol–water partition coefficient (Wildman–Crippen LogP) is 11.6. The van der Waals surface area contributed by atoms with E-state index in [4.69, 9.17) is 19.4 Å². The lowest BCUT2D eigenvalue weighted by atomic mass is 9.74. The second-order valence-electron chi connectivity index (χ2n) is 14.5. The molecule has 5 nitrogen and oxygen atoms in total. The van der Waals surface area contributed by atoms with Crippen LogP contribution >= 0.6 is 0 Å². The van der Waals surface area contributed by atoms with E-state index < -0.39 is 0 Å². The predicted molar refractivity (Wildman–Crippen MR) is 206 cm³/mol. The van der Waals surface area contributed by atoms with Crippen LogP contribution in [0.5, 0.6) is 0 Å². The first-order valence-electron chi connectivity index (χ1n) is 17.9. The van der Waals surface area contributed by atoms with Crippen molar-refractivity contribution < 1.29 is 4.42 Å². The minimum atomic E-state index is -0.143. The molecule has 5 aromatic carbocycles. The lowest BCUT2D eigenvalue weighted by Crippen LogP contribution is -2.22. The van der Waals surface area contributed by atoms with Gasteiger partial charge in [0.05, 0.1) is 5.56 Å². The molecule has 51 heavy (non-hydrogen) atoms. The number of rotatable bonds is 5. The summed E-state index contributed by atoms with van der Waals surface area (Å²) in [4.78, 5) is 19.9. The van der Waals surface area contributed by atoms with Crippen LogP contribution in [0.2, 0.25) is 0 Å². The van der Waals surface area contributed by atoms with Crippen LogP contribution in [0.1, 0.15) is 62.8 Å². The van der Waals surface area contributed by atoms with Gasteiger partial charge in [0.2, 0.25) is 0 Å². The minimum absolute atomic E-state index is 0.0333. The van der Waals surface area contributed by atoms with Crippen molar-refractivity contribution in [1.82, 2.24) is 19.9 Å². The van der Waals surface area contributed by atoms with Gasteiger partial charge in [-0.3, -0.25) is 4.98 Å². The average Bonchev–Trinajstić information content (AvgIpc) is 3.77. The molecule has 5 heteroatoms. The molecular formula is C46H36N4O. The van der Waals surface area contributed by atoms with Crippen LogP contribution in [0.3, 0.4) is 0 Å². The summed E-state index contributed by atoms with van der Waals surface area (Å²) in [6, 6.07) is 40.9. The van der Waals surface area contributed by atoms with Gasteiger partial charge < -0.3 is 4.42 Å². The Kier molecular flexibility index (Phi) is 6.33. The number of pyridine rings is 1. The third-order valence-electron chi connectivity index (χ3n) is 11.7. The van der Waals surface area contributed by atoms with Crippen molar-refractivity contribution in [2.24, 2.45) is 0 Å². The summed E-state index contributed by atoms with van der Waals surface area (Å²) in [6.07, 6.45) is 3.83. The molecule has 0 amide bonds. The van der Waals surface area contributed by atoms with Crippen molar-refractivity contribution in [1.29, 1.82) is 0 Å². The van der Waals surface area contributed by atoms with Crippen molar-refractivity contribution in [3.63, 3.8) is 0 Å². The topological polar surface area (TPSA) is 64.7 Å². The van der Waals surface area contributed by atoms with E-state index in [0.717, 1.165) is 45.9 Å². The van der Waals surface area contributed by atoms with Crippen LogP contribution < -0.4 is 0 Å². The zero-order chi connectivity index (χ0) is 34.5. The van der Waals surface area contributed by atoms with Gasteiger partial charge in [0.15, 0.2) is 17.5 Å². The molecule has 0 saturated heterocycles. The quantitative estimate of drug-likeness (QED) is 0.184. The Bertz CT molecular complexity index is 2700. The summed E-state index contributed by atoms with van der Waals surface area (Å²) in [7, 11) is 0. The van der Waals surface area contributed by atoms with E-state index >= 15 is 0 Å². The Morgan fingerprint density at radius 1 is 0.529 bits per heavy atom. The molecule has 246 valence electrons. The molecule has 0 spiro atoms. The monoisotopic (exact) mass is 660 g/mol. The molecule has 3 aromatic heterocycles. The molecule has 3 heterocycles. The number of para-hydroxylation sites is 1. The van der Waals surface area contributed by atoms with Crippen LogP contribution in [0.4, 0.5) is 0 Å². The van der Waals surface area contributed by atoms with E-state index in [2.05, 4.69) is 130 Å². The molecule has 0 unspecified atom stereocenters. The lowest BCUT2D eigenvalue weighted by molar-refractivity contribution is 0.490. The van der Waals surface area contributed by atoms with E-state index in [-0.39, 0.29) is 10.8 Å². The van der Waals surface area contributed by atoms with Crippen molar-refractivity contribution in [2.45, 2.75) is 51.4 Å². The molecule has 0 aliphatic heterocycles. The highest BCUT2D eigenvalue weighted by Crippen LogP contribution is 2.54. The van der Waals surface area contributed by atoms with Gasteiger partial charge in [-0.05, 0) is 93.7 Å². The summed E-state index contributed by atoms with van der Waals surface area (Å²) in [5, 5.41) is 2.15. The van der Waals surface area contributed by atoms with Crippen LogP contribution in [-0.2, 0) is 10.8 Å². The third-order valence-corrected chi connectivity index (χ3v) is 11.7. The summed E-state index contributed by atoms with van der Waals surface area (Å²) in [5.41, 5.74) is 14.5. The number of hydrogen-bond acceptors (Lipinski definition) is 5. The second kappa shape index (κ2) is 10.8. The molecule has 10 rings (SSSR count). The van der Waals surface area contributed by atoms with E-state index in [0.29, 0.717) is 23.2 Å². The van der Waals surface area contributed by atoms with Gasteiger partial charge in [-0.2, -0.15) is 0 Å². The van der Waals surface area contributed by atoms with Gasteiger partial charge in [-0.25, -0.2) is 15.0 Å². The Labute approximate surface area is 297 Å². The van der Waals surface area contributed by atoms with Gasteiger partial charge in [-0.15, -0.1) is 0 Å². The molecular weight excluding hydrogens is 625 g/mol. The van der Waals surface area contributed by atoms with E-state index in [1.807, 2.05) is 18.2 Å². The first-order valence-corrected chi connectivity index (χ1v) is 17.9. The molecule has 0 N–H and O–H groups in total. The zero-order valence-electron chi connectivity index (χ0n) is 29.2. The van der Waals surface area contributed by atoms with Crippen molar-refractivity contribution >= 4 is 21.9 Å².